The fourth-order valence-corrected chi connectivity index (χ4v) is 3.10. The first-order valence-electron chi connectivity index (χ1n) is 6.68. The average Bonchev–Trinajstić information content (AvgIpc) is 2.87. The van der Waals surface area contributed by atoms with Crippen LogP contribution < -0.4 is 0 Å². The number of methoxy groups -OCH3 is 1. The number of hydrogen-bond donors (Lipinski definition) is 1. The van der Waals surface area contributed by atoms with Crippen molar-refractivity contribution in [2.75, 3.05) is 20.2 Å². The van der Waals surface area contributed by atoms with Gasteiger partial charge >= 0.3 is 5.97 Å². The van der Waals surface area contributed by atoms with E-state index >= 15 is 0 Å². The third-order valence-electron chi connectivity index (χ3n) is 4.24. The van der Waals surface area contributed by atoms with Crippen molar-refractivity contribution in [2.45, 2.75) is 38.2 Å². The molecule has 0 aromatic rings. The quantitative estimate of drug-likeness (QED) is 0.820. The lowest BCUT2D eigenvalue weighted by Crippen LogP contribution is -2.45. The largest absolute Gasteiger partial charge is 0.481 e. The van der Waals surface area contributed by atoms with Crippen LogP contribution in [0.4, 0.5) is 0 Å². The van der Waals surface area contributed by atoms with E-state index in [1.165, 1.54) is 0 Å². The number of nitrogens with zero attached hydrogens (tertiary/aromatic N) is 1. The van der Waals surface area contributed by atoms with Crippen LogP contribution in [0.3, 0.4) is 0 Å². The highest BCUT2D eigenvalue weighted by Gasteiger charge is 2.40. The van der Waals surface area contributed by atoms with Crippen LogP contribution in [0.5, 0.6) is 0 Å². The highest BCUT2D eigenvalue weighted by atomic mass is 16.5. The topological polar surface area (TPSA) is 66.8 Å². The van der Waals surface area contributed by atoms with Gasteiger partial charge < -0.3 is 14.7 Å². The number of piperidine rings is 1. The van der Waals surface area contributed by atoms with Crippen molar-refractivity contribution in [3.8, 4) is 0 Å². The maximum absolute atomic E-state index is 12.3. The summed E-state index contributed by atoms with van der Waals surface area (Å²) < 4.78 is 5.27. The lowest BCUT2D eigenvalue weighted by molar-refractivity contribution is -0.150. The molecule has 1 saturated carbocycles. The van der Waals surface area contributed by atoms with E-state index in [2.05, 4.69) is 0 Å². The first-order valence-corrected chi connectivity index (χ1v) is 6.68. The summed E-state index contributed by atoms with van der Waals surface area (Å²) in [6.07, 6.45) is 4.16. The predicted molar refractivity (Wildman–Crippen MR) is 65.1 cm³/mol. The molecule has 1 saturated heterocycles. The molecule has 1 heterocycles. The summed E-state index contributed by atoms with van der Waals surface area (Å²) in [5.41, 5.74) is 0. The molecule has 5 nitrogen and oxygen atoms in total. The number of ether oxygens (including phenoxy) is 1. The van der Waals surface area contributed by atoms with E-state index in [-0.39, 0.29) is 17.9 Å². The van der Waals surface area contributed by atoms with Crippen LogP contribution >= 0.6 is 0 Å². The van der Waals surface area contributed by atoms with E-state index in [0.717, 1.165) is 25.7 Å². The number of aliphatic carboxylic acids is 1. The van der Waals surface area contributed by atoms with Gasteiger partial charge in [0.2, 0.25) is 5.91 Å². The van der Waals surface area contributed by atoms with E-state index in [0.29, 0.717) is 19.5 Å². The summed E-state index contributed by atoms with van der Waals surface area (Å²) in [6.45, 7) is 1.39. The van der Waals surface area contributed by atoms with E-state index in [1.807, 2.05) is 4.90 Å². The maximum Gasteiger partial charge on any atom is 0.307 e. The molecular formula is C13H21NO4. The van der Waals surface area contributed by atoms with Gasteiger partial charge in [-0.15, -0.1) is 0 Å². The molecule has 0 aromatic heterocycles. The molecule has 1 aliphatic carbocycles. The standard InChI is InChI=1S/C13H21NO4/c1-18-9-5-7-14(8-6-9)12(15)10-3-2-4-11(10)13(16)17/h9-11H,2-8H2,1H3,(H,16,17)/t10-,11+/m1/s1. The highest BCUT2D eigenvalue weighted by Crippen LogP contribution is 2.34. The van der Waals surface area contributed by atoms with Crippen LogP contribution in [0.25, 0.3) is 0 Å². The molecule has 1 amide bonds. The summed E-state index contributed by atoms with van der Waals surface area (Å²) in [5.74, 6) is -1.56. The fraction of sp³-hybridized carbons (Fsp3) is 0.846. The Morgan fingerprint density at radius 1 is 1.11 bits per heavy atom. The van der Waals surface area contributed by atoms with Gasteiger partial charge in [0.1, 0.15) is 0 Å². The van der Waals surface area contributed by atoms with Gasteiger partial charge in [0.25, 0.3) is 0 Å². The smallest absolute Gasteiger partial charge is 0.307 e. The fourth-order valence-electron chi connectivity index (χ4n) is 3.10. The molecule has 5 heteroatoms. The molecular weight excluding hydrogens is 234 g/mol. The van der Waals surface area contributed by atoms with Crippen molar-refractivity contribution < 1.29 is 19.4 Å². The number of carbonyl (C=O) groups is 2. The molecule has 1 aliphatic heterocycles. The maximum atomic E-state index is 12.3. The third kappa shape index (κ3) is 2.66. The molecule has 2 rings (SSSR count). The highest BCUT2D eigenvalue weighted by molar-refractivity contribution is 5.85. The summed E-state index contributed by atoms with van der Waals surface area (Å²) in [4.78, 5) is 25.3. The number of hydrogen-bond acceptors (Lipinski definition) is 3. The number of rotatable bonds is 3. The second-order valence-electron chi connectivity index (χ2n) is 5.24. The number of carboxylic acids is 1. The zero-order chi connectivity index (χ0) is 13.1. The van der Waals surface area contributed by atoms with Crippen molar-refractivity contribution >= 4 is 11.9 Å². The molecule has 0 bridgehead atoms. The minimum absolute atomic E-state index is 0.0365. The second-order valence-corrected chi connectivity index (χ2v) is 5.24. The molecule has 0 unspecified atom stereocenters. The van der Waals surface area contributed by atoms with Gasteiger partial charge in [-0.1, -0.05) is 6.42 Å². The van der Waals surface area contributed by atoms with Crippen LogP contribution in [-0.4, -0.2) is 48.2 Å². The van der Waals surface area contributed by atoms with Gasteiger partial charge in [0, 0.05) is 20.2 Å². The van der Waals surface area contributed by atoms with Crippen molar-refractivity contribution in [1.29, 1.82) is 0 Å². The normalized spacial score (nSPS) is 29.5. The zero-order valence-corrected chi connectivity index (χ0v) is 10.8. The lowest BCUT2D eigenvalue weighted by atomic mass is 9.93. The van der Waals surface area contributed by atoms with Gasteiger partial charge in [-0.05, 0) is 25.7 Å². The molecule has 0 aromatic carbocycles. The van der Waals surface area contributed by atoms with E-state index in [4.69, 9.17) is 9.84 Å². The van der Waals surface area contributed by atoms with Crippen LogP contribution in [0.2, 0.25) is 0 Å². The molecule has 1 N–H and O–H groups in total. The molecule has 2 atom stereocenters. The van der Waals surface area contributed by atoms with Gasteiger partial charge in [-0.2, -0.15) is 0 Å². The van der Waals surface area contributed by atoms with Gasteiger partial charge in [-0.3, -0.25) is 9.59 Å². The van der Waals surface area contributed by atoms with Crippen LogP contribution in [0.1, 0.15) is 32.1 Å². The Morgan fingerprint density at radius 3 is 2.28 bits per heavy atom. The summed E-state index contributed by atoms with van der Waals surface area (Å²) >= 11 is 0. The second kappa shape index (κ2) is 5.69. The summed E-state index contributed by atoms with van der Waals surface area (Å²) in [5, 5.41) is 9.12. The number of carboxylic acid groups (broad SMARTS) is 1. The van der Waals surface area contributed by atoms with Gasteiger partial charge in [0.05, 0.1) is 17.9 Å². The van der Waals surface area contributed by atoms with Crippen LogP contribution in [-0.2, 0) is 14.3 Å². The monoisotopic (exact) mass is 255 g/mol. The number of carbonyl (C=O) groups excluding carboxylic acids is 1. The summed E-state index contributed by atoms with van der Waals surface area (Å²) in [7, 11) is 1.69. The summed E-state index contributed by atoms with van der Waals surface area (Å²) in [6, 6.07) is 0. The van der Waals surface area contributed by atoms with Crippen molar-refractivity contribution in [3.05, 3.63) is 0 Å². The van der Waals surface area contributed by atoms with Crippen molar-refractivity contribution in [2.24, 2.45) is 11.8 Å². The molecule has 2 fully saturated rings. The molecule has 102 valence electrons. The van der Waals surface area contributed by atoms with Crippen LogP contribution in [0.15, 0.2) is 0 Å². The van der Waals surface area contributed by atoms with E-state index in [1.54, 1.807) is 7.11 Å². The zero-order valence-electron chi connectivity index (χ0n) is 10.8. The van der Waals surface area contributed by atoms with Crippen molar-refractivity contribution in [3.63, 3.8) is 0 Å². The Morgan fingerprint density at radius 2 is 1.72 bits per heavy atom. The molecule has 0 radical (unpaired) electrons. The Bertz CT molecular complexity index is 323. The van der Waals surface area contributed by atoms with Gasteiger partial charge in [-0.25, -0.2) is 0 Å². The Labute approximate surface area is 107 Å². The first kappa shape index (κ1) is 13.3. The lowest BCUT2D eigenvalue weighted by Gasteiger charge is -2.33. The average molecular weight is 255 g/mol. The minimum Gasteiger partial charge on any atom is -0.481 e. The van der Waals surface area contributed by atoms with E-state index in [9.17, 15) is 9.59 Å². The molecule has 2 aliphatic rings. The molecule has 0 spiro atoms. The van der Waals surface area contributed by atoms with E-state index < -0.39 is 11.9 Å². The SMILES string of the molecule is COC1CCN(C(=O)[C@@H]2CCC[C@@H]2C(=O)O)CC1. The minimum atomic E-state index is -0.822. The first-order chi connectivity index (χ1) is 8.63. The Hall–Kier alpha value is -1.10. The number of amides is 1. The Kier molecular flexibility index (Phi) is 4.22. The van der Waals surface area contributed by atoms with Crippen molar-refractivity contribution in [1.82, 2.24) is 4.90 Å². The third-order valence-corrected chi connectivity index (χ3v) is 4.24. The Balaban J connectivity index is 1.93. The number of likely N-dealkylation sites (tertiary alicyclic amines) is 1. The predicted octanol–water partition coefficient (Wildman–Crippen LogP) is 1.12. The molecule has 18 heavy (non-hydrogen) atoms. The van der Waals surface area contributed by atoms with Gasteiger partial charge in [0.15, 0.2) is 0 Å². The van der Waals surface area contributed by atoms with Crippen LogP contribution in [0, 0.1) is 11.8 Å².